The molecule has 0 saturated heterocycles. The van der Waals surface area contributed by atoms with Crippen molar-refractivity contribution in [1.82, 2.24) is 0 Å². The van der Waals surface area contributed by atoms with Crippen molar-refractivity contribution in [2.75, 3.05) is 6.61 Å². The van der Waals surface area contributed by atoms with Crippen LogP contribution in [0.25, 0.3) is 0 Å². The van der Waals surface area contributed by atoms with Crippen LogP contribution in [0, 0.1) is 0 Å². The van der Waals surface area contributed by atoms with E-state index < -0.39 is 0 Å². The molecule has 0 unspecified atom stereocenters. The molecule has 0 bridgehead atoms. The second-order valence-electron chi connectivity index (χ2n) is 5.05. The molecule has 0 spiro atoms. The van der Waals surface area contributed by atoms with Gasteiger partial charge in [-0.25, -0.2) is 0 Å². The number of fused-ring (bicyclic) bond motifs is 1. The van der Waals surface area contributed by atoms with Crippen LogP contribution in [0.2, 0.25) is 0 Å². The van der Waals surface area contributed by atoms with E-state index >= 15 is 0 Å². The predicted molar refractivity (Wildman–Crippen MR) is 100 cm³/mol. The number of benzene rings is 2. The SMILES string of the molecule is NC(=NN=Cc1cc(Br)c2c(c1)CCO2)SCc1ccccc1. The highest BCUT2D eigenvalue weighted by molar-refractivity contribution is 9.10. The van der Waals surface area contributed by atoms with Crippen LogP contribution in [0.15, 0.2) is 57.1 Å². The van der Waals surface area contributed by atoms with Crippen LogP contribution in [-0.2, 0) is 12.2 Å². The smallest absolute Gasteiger partial charge is 0.180 e. The van der Waals surface area contributed by atoms with Crippen molar-refractivity contribution in [3.8, 4) is 5.75 Å². The molecule has 3 rings (SSSR count). The molecule has 0 radical (unpaired) electrons. The van der Waals surface area contributed by atoms with Crippen molar-refractivity contribution in [2.24, 2.45) is 15.9 Å². The Balaban J connectivity index is 1.60. The van der Waals surface area contributed by atoms with E-state index in [4.69, 9.17) is 10.5 Å². The fourth-order valence-electron chi connectivity index (χ4n) is 2.27. The van der Waals surface area contributed by atoms with Crippen molar-refractivity contribution >= 4 is 39.1 Å². The fourth-order valence-corrected chi connectivity index (χ4v) is 3.52. The Bertz CT molecular complexity index is 747. The van der Waals surface area contributed by atoms with E-state index in [1.807, 2.05) is 24.3 Å². The Kier molecular flexibility index (Phi) is 5.35. The molecule has 1 aliphatic heterocycles. The van der Waals surface area contributed by atoms with Crippen LogP contribution in [0.5, 0.6) is 5.75 Å². The van der Waals surface area contributed by atoms with Gasteiger partial charge >= 0.3 is 0 Å². The predicted octanol–water partition coefficient (Wildman–Crippen LogP) is 3.97. The Labute approximate surface area is 148 Å². The van der Waals surface area contributed by atoms with Gasteiger partial charge in [0.15, 0.2) is 5.17 Å². The molecule has 2 aromatic rings. The second kappa shape index (κ2) is 7.66. The summed E-state index contributed by atoms with van der Waals surface area (Å²) < 4.78 is 6.51. The average molecular weight is 390 g/mol. The van der Waals surface area contributed by atoms with Crippen molar-refractivity contribution in [3.05, 3.63) is 63.6 Å². The van der Waals surface area contributed by atoms with E-state index in [1.165, 1.54) is 22.9 Å². The minimum Gasteiger partial charge on any atom is -0.492 e. The molecule has 2 aromatic carbocycles. The number of nitrogens with two attached hydrogens (primary N) is 1. The highest BCUT2D eigenvalue weighted by Crippen LogP contribution is 2.34. The normalized spacial score (nSPS) is 14.0. The molecule has 0 aliphatic carbocycles. The third kappa shape index (κ3) is 4.36. The highest BCUT2D eigenvalue weighted by atomic mass is 79.9. The minimum atomic E-state index is 0.452. The lowest BCUT2D eigenvalue weighted by Gasteiger charge is -2.03. The number of nitrogens with zero attached hydrogens (tertiary/aromatic N) is 2. The third-order valence-corrected chi connectivity index (χ3v) is 4.80. The van der Waals surface area contributed by atoms with Crippen LogP contribution in [0.4, 0.5) is 0 Å². The number of ether oxygens (including phenoxy) is 1. The van der Waals surface area contributed by atoms with Crippen LogP contribution in [-0.4, -0.2) is 18.0 Å². The number of rotatable bonds is 4. The molecule has 4 nitrogen and oxygen atoms in total. The zero-order valence-corrected chi connectivity index (χ0v) is 14.8. The van der Waals surface area contributed by atoms with Gasteiger partial charge in [0.2, 0.25) is 0 Å². The van der Waals surface area contributed by atoms with Gasteiger partial charge in [-0.2, -0.15) is 5.10 Å². The average Bonchev–Trinajstić information content (AvgIpc) is 3.03. The minimum absolute atomic E-state index is 0.452. The lowest BCUT2D eigenvalue weighted by atomic mass is 10.1. The van der Waals surface area contributed by atoms with Gasteiger partial charge in [-0.15, -0.1) is 5.10 Å². The lowest BCUT2D eigenvalue weighted by Crippen LogP contribution is -2.06. The quantitative estimate of drug-likeness (QED) is 0.488. The maximum atomic E-state index is 5.88. The monoisotopic (exact) mass is 389 g/mol. The maximum absolute atomic E-state index is 5.88. The van der Waals surface area contributed by atoms with E-state index in [0.29, 0.717) is 5.17 Å². The molecule has 0 atom stereocenters. The Morgan fingerprint density at radius 3 is 2.96 bits per heavy atom. The van der Waals surface area contributed by atoms with Crippen LogP contribution < -0.4 is 10.5 Å². The van der Waals surface area contributed by atoms with Gasteiger partial charge in [-0.05, 0) is 44.8 Å². The number of thioether (sulfide) groups is 1. The first-order chi connectivity index (χ1) is 11.2. The zero-order chi connectivity index (χ0) is 16.1. The molecule has 2 N–H and O–H groups in total. The van der Waals surface area contributed by atoms with E-state index in [1.54, 1.807) is 6.21 Å². The first-order valence-electron chi connectivity index (χ1n) is 7.21. The number of hydrogen-bond acceptors (Lipinski definition) is 4. The molecule has 0 fully saturated rings. The van der Waals surface area contributed by atoms with Gasteiger partial charge in [-0.3, -0.25) is 0 Å². The zero-order valence-electron chi connectivity index (χ0n) is 12.4. The molecule has 0 aromatic heterocycles. The number of amidine groups is 1. The van der Waals surface area contributed by atoms with Crippen LogP contribution in [0.1, 0.15) is 16.7 Å². The van der Waals surface area contributed by atoms with Crippen LogP contribution in [0.3, 0.4) is 0 Å². The van der Waals surface area contributed by atoms with E-state index in [2.05, 4.69) is 44.3 Å². The summed E-state index contributed by atoms with van der Waals surface area (Å²) in [5.74, 6) is 1.72. The van der Waals surface area contributed by atoms with Gasteiger partial charge in [0.1, 0.15) is 5.75 Å². The summed E-state index contributed by atoms with van der Waals surface area (Å²) >= 11 is 4.99. The van der Waals surface area contributed by atoms with Crippen molar-refractivity contribution in [1.29, 1.82) is 0 Å². The van der Waals surface area contributed by atoms with Gasteiger partial charge < -0.3 is 10.5 Å². The Morgan fingerprint density at radius 1 is 1.30 bits per heavy atom. The van der Waals surface area contributed by atoms with E-state index in [9.17, 15) is 0 Å². The Morgan fingerprint density at radius 2 is 2.13 bits per heavy atom. The summed E-state index contributed by atoms with van der Waals surface area (Å²) in [5, 5.41) is 8.57. The van der Waals surface area contributed by atoms with E-state index in [0.717, 1.165) is 34.6 Å². The molecule has 0 saturated carbocycles. The summed E-state index contributed by atoms with van der Waals surface area (Å²) in [4.78, 5) is 0. The van der Waals surface area contributed by atoms with Gasteiger partial charge in [0, 0.05) is 12.2 Å². The number of halogens is 1. The standard InChI is InChI=1S/C17H16BrN3OS/c18-15-9-13(8-14-6-7-22-16(14)15)10-20-21-17(19)23-11-12-4-2-1-3-5-12/h1-5,8-10H,6-7,11H2,(H2,19,21). The summed E-state index contributed by atoms with van der Waals surface area (Å²) in [6.07, 6.45) is 2.63. The molecule has 118 valence electrons. The van der Waals surface area contributed by atoms with Crippen LogP contribution >= 0.6 is 27.7 Å². The topological polar surface area (TPSA) is 60.0 Å². The lowest BCUT2D eigenvalue weighted by molar-refractivity contribution is 0.355. The van der Waals surface area contributed by atoms with Gasteiger partial charge in [-0.1, -0.05) is 42.1 Å². The maximum Gasteiger partial charge on any atom is 0.180 e. The first kappa shape index (κ1) is 16.1. The molecule has 0 amide bonds. The molecule has 1 aliphatic rings. The van der Waals surface area contributed by atoms with Gasteiger partial charge in [0.05, 0.1) is 17.3 Å². The molecule has 1 heterocycles. The highest BCUT2D eigenvalue weighted by Gasteiger charge is 2.15. The largest absolute Gasteiger partial charge is 0.492 e. The fraction of sp³-hybridized carbons (Fsp3) is 0.176. The van der Waals surface area contributed by atoms with Crippen molar-refractivity contribution in [2.45, 2.75) is 12.2 Å². The summed E-state index contributed by atoms with van der Waals surface area (Å²) in [6, 6.07) is 14.2. The molecule has 6 heteroatoms. The second-order valence-corrected chi connectivity index (χ2v) is 6.90. The molecular formula is C17H16BrN3OS. The summed E-state index contributed by atoms with van der Waals surface area (Å²) in [7, 11) is 0. The van der Waals surface area contributed by atoms with Gasteiger partial charge in [0.25, 0.3) is 0 Å². The Hall–Kier alpha value is -1.79. The van der Waals surface area contributed by atoms with Crippen molar-refractivity contribution in [3.63, 3.8) is 0 Å². The third-order valence-electron chi connectivity index (χ3n) is 3.35. The summed E-state index contributed by atoms with van der Waals surface area (Å²) in [6.45, 7) is 0.732. The first-order valence-corrected chi connectivity index (χ1v) is 8.98. The summed E-state index contributed by atoms with van der Waals surface area (Å²) in [5.41, 5.74) is 9.25. The molecular weight excluding hydrogens is 374 g/mol. The van der Waals surface area contributed by atoms with E-state index in [-0.39, 0.29) is 0 Å². The molecule has 23 heavy (non-hydrogen) atoms. The number of hydrogen-bond donors (Lipinski definition) is 1. The van der Waals surface area contributed by atoms with Crippen molar-refractivity contribution < 1.29 is 4.74 Å².